The van der Waals surface area contributed by atoms with Crippen LogP contribution < -0.4 is 5.73 Å². The van der Waals surface area contributed by atoms with E-state index >= 15 is 0 Å². The van der Waals surface area contributed by atoms with Crippen LogP contribution in [0.1, 0.15) is 32.1 Å². The van der Waals surface area contributed by atoms with Gasteiger partial charge in [0.25, 0.3) is 0 Å². The lowest BCUT2D eigenvalue weighted by molar-refractivity contribution is 0.00474. The van der Waals surface area contributed by atoms with Gasteiger partial charge in [0.2, 0.25) is 0 Å². The Labute approximate surface area is 104 Å². The van der Waals surface area contributed by atoms with Gasteiger partial charge < -0.3 is 20.5 Å². The lowest BCUT2D eigenvalue weighted by Gasteiger charge is -2.35. The van der Waals surface area contributed by atoms with Crippen molar-refractivity contribution in [1.29, 1.82) is 0 Å². The summed E-state index contributed by atoms with van der Waals surface area (Å²) in [5.74, 6) is 0. The minimum atomic E-state index is -0.454. The van der Waals surface area contributed by atoms with Gasteiger partial charge in [0.15, 0.2) is 0 Å². The summed E-state index contributed by atoms with van der Waals surface area (Å²) in [7, 11) is 2.09. The molecule has 1 aliphatic carbocycles. The third-order valence-electron chi connectivity index (χ3n) is 4.32. The first-order valence-electron chi connectivity index (χ1n) is 6.76. The molecule has 0 amide bonds. The van der Waals surface area contributed by atoms with Crippen molar-refractivity contribution < 1.29 is 9.84 Å². The Morgan fingerprint density at radius 2 is 1.94 bits per heavy atom. The minimum Gasteiger partial charge on any atom is -0.389 e. The van der Waals surface area contributed by atoms with Crippen molar-refractivity contribution in [1.82, 2.24) is 4.90 Å². The van der Waals surface area contributed by atoms with E-state index in [9.17, 15) is 5.11 Å². The van der Waals surface area contributed by atoms with E-state index in [0.717, 1.165) is 58.4 Å². The molecule has 1 aliphatic heterocycles. The van der Waals surface area contributed by atoms with E-state index < -0.39 is 5.60 Å². The molecule has 1 saturated heterocycles. The maximum absolute atomic E-state index is 10.4. The van der Waals surface area contributed by atoms with Gasteiger partial charge in [-0.05, 0) is 26.3 Å². The van der Waals surface area contributed by atoms with Crippen LogP contribution in [0.4, 0.5) is 0 Å². The molecule has 4 nitrogen and oxygen atoms in total. The van der Waals surface area contributed by atoms with Gasteiger partial charge in [-0.1, -0.05) is 12.8 Å². The van der Waals surface area contributed by atoms with Crippen LogP contribution >= 0.6 is 0 Å². The Balaban J connectivity index is 1.85. The highest BCUT2D eigenvalue weighted by molar-refractivity contribution is 4.91. The summed E-state index contributed by atoms with van der Waals surface area (Å²) in [5.41, 5.74) is 5.55. The molecule has 3 N–H and O–H groups in total. The number of nitrogens with two attached hydrogens (primary N) is 1. The molecule has 1 heterocycles. The van der Waals surface area contributed by atoms with Crippen molar-refractivity contribution in [3.05, 3.63) is 0 Å². The van der Waals surface area contributed by atoms with Crippen molar-refractivity contribution >= 4 is 0 Å². The first-order chi connectivity index (χ1) is 8.08. The Kier molecular flexibility index (Phi) is 4.08. The summed E-state index contributed by atoms with van der Waals surface area (Å²) >= 11 is 0. The van der Waals surface area contributed by atoms with Crippen LogP contribution in [0.25, 0.3) is 0 Å². The second-order valence-electron chi connectivity index (χ2n) is 6.11. The summed E-state index contributed by atoms with van der Waals surface area (Å²) < 4.78 is 5.48. The number of aliphatic hydroxyl groups is 1. The molecule has 2 aliphatic rings. The number of nitrogens with zero attached hydrogens (tertiary/aromatic N) is 1. The highest BCUT2D eigenvalue weighted by Gasteiger charge is 2.37. The normalized spacial score (nSPS) is 32.5. The summed E-state index contributed by atoms with van der Waals surface area (Å²) in [4.78, 5) is 2.24. The smallest absolute Gasteiger partial charge is 0.0774 e. The van der Waals surface area contributed by atoms with Crippen molar-refractivity contribution in [2.75, 3.05) is 39.9 Å². The van der Waals surface area contributed by atoms with E-state index in [1.807, 2.05) is 0 Å². The maximum Gasteiger partial charge on any atom is 0.0774 e. The number of hydrogen-bond donors (Lipinski definition) is 2. The summed E-state index contributed by atoms with van der Waals surface area (Å²) in [5, 5.41) is 10.4. The van der Waals surface area contributed by atoms with Gasteiger partial charge in [-0.2, -0.15) is 0 Å². The Bertz CT molecular complexity index is 246. The number of rotatable bonds is 5. The minimum absolute atomic E-state index is 0.115. The summed E-state index contributed by atoms with van der Waals surface area (Å²) in [6.07, 6.45) is 5.27. The zero-order valence-corrected chi connectivity index (χ0v) is 11.0. The molecular formula is C13H26N2O2. The average Bonchev–Trinajstić information content (AvgIpc) is 2.88. The van der Waals surface area contributed by atoms with Gasteiger partial charge in [-0.25, -0.2) is 0 Å². The fourth-order valence-electron chi connectivity index (χ4n) is 3.32. The molecule has 1 unspecified atom stereocenters. The topological polar surface area (TPSA) is 58.7 Å². The third-order valence-corrected chi connectivity index (χ3v) is 4.32. The Morgan fingerprint density at radius 3 is 2.47 bits per heavy atom. The number of likely N-dealkylation sites (N-methyl/N-ethyl adjacent to an activating group) is 1. The van der Waals surface area contributed by atoms with Crippen LogP contribution in [0.5, 0.6) is 0 Å². The van der Waals surface area contributed by atoms with E-state index in [1.165, 1.54) is 0 Å². The van der Waals surface area contributed by atoms with E-state index in [-0.39, 0.29) is 5.41 Å². The molecule has 0 spiro atoms. The molecule has 17 heavy (non-hydrogen) atoms. The first-order valence-corrected chi connectivity index (χ1v) is 6.76. The predicted molar refractivity (Wildman–Crippen MR) is 67.8 cm³/mol. The van der Waals surface area contributed by atoms with Crippen LogP contribution in [-0.4, -0.2) is 55.5 Å². The van der Waals surface area contributed by atoms with Gasteiger partial charge in [0, 0.05) is 31.7 Å². The molecule has 2 fully saturated rings. The second-order valence-corrected chi connectivity index (χ2v) is 6.11. The molecule has 0 aromatic carbocycles. The molecule has 4 heteroatoms. The van der Waals surface area contributed by atoms with Crippen molar-refractivity contribution in [3.63, 3.8) is 0 Å². The Morgan fingerprint density at radius 1 is 1.24 bits per heavy atom. The molecule has 100 valence electrons. The van der Waals surface area contributed by atoms with Crippen LogP contribution in [-0.2, 0) is 4.74 Å². The number of hydrogen-bond acceptors (Lipinski definition) is 4. The highest BCUT2D eigenvalue weighted by atomic mass is 16.5. The molecule has 0 bridgehead atoms. The monoisotopic (exact) mass is 242 g/mol. The third kappa shape index (κ3) is 3.19. The van der Waals surface area contributed by atoms with E-state index in [0.29, 0.717) is 6.54 Å². The van der Waals surface area contributed by atoms with Gasteiger partial charge in [-0.3, -0.25) is 0 Å². The molecule has 2 rings (SSSR count). The van der Waals surface area contributed by atoms with Gasteiger partial charge in [-0.15, -0.1) is 0 Å². The first kappa shape index (κ1) is 13.3. The quantitative estimate of drug-likeness (QED) is 0.741. The molecule has 1 atom stereocenters. The SMILES string of the molecule is CN(CC1(O)CCCC1)CC1(CN)CCOC1. The van der Waals surface area contributed by atoms with Crippen molar-refractivity contribution in [2.24, 2.45) is 11.1 Å². The fraction of sp³-hybridized carbons (Fsp3) is 1.00. The highest BCUT2D eigenvalue weighted by Crippen LogP contribution is 2.32. The average molecular weight is 242 g/mol. The molecule has 1 saturated carbocycles. The molecule has 0 radical (unpaired) electrons. The zero-order valence-electron chi connectivity index (χ0n) is 11.0. The van der Waals surface area contributed by atoms with Crippen LogP contribution in [0, 0.1) is 5.41 Å². The van der Waals surface area contributed by atoms with E-state index in [1.54, 1.807) is 0 Å². The van der Waals surface area contributed by atoms with Crippen LogP contribution in [0.3, 0.4) is 0 Å². The van der Waals surface area contributed by atoms with Gasteiger partial charge >= 0.3 is 0 Å². The van der Waals surface area contributed by atoms with Crippen molar-refractivity contribution in [3.8, 4) is 0 Å². The standard InChI is InChI=1S/C13H26N2O2/c1-15(10-13(16)4-2-3-5-13)9-12(8-14)6-7-17-11-12/h16H,2-11,14H2,1H3. The molecule has 0 aromatic heterocycles. The predicted octanol–water partition coefficient (Wildman–Crippen LogP) is 0.589. The van der Waals surface area contributed by atoms with Crippen molar-refractivity contribution in [2.45, 2.75) is 37.7 Å². The lowest BCUT2D eigenvalue weighted by atomic mass is 9.86. The van der Waals surface area contributed by atoms with Gasteiger partial charge in [0.05, 0.1) is 12.2 Å². The van der Waals surface area contributed by atoms with Crippen LogP contribution in [0.15, 0.2) is 0 Å². The van der Waals surface area contributed by atoms with E-state index in [2.05, 4.69) is 11.9 Å². The largest absolute Gasteiger partial charge is 0.389 e. The summed E-state index contributed by atoms with van der Waals surface area (Å²) in [6, 6.07) is 0. The fourth-order valence-corrected chi connectivity index (χ4v) is 3.32. The van der Waals surface area contributed by atoms with E-state index in [4.69, 9.17) is 10.5 Å². The molecular weight excluding hydrogens is 216 g/mol. The maximum atomic E-state index is 10.4. The molecule has 0 aromatic rings. The zero-order chi connectivity index (χ0) is 12.4. The lowest BCUT2D eigenvalue weighted by Crippen LogP contribution is -2.47. The van der Waals surface area contributed by atoms with Gasteiger partial charge in [0.1, 0.15) is 0 Å². The Hall–Kier alpha value is -0.160. The number of ether oxygens (including phenoxy) is 1. The summed E-state index contributed by atoms with van der Waals surface area (Å²) in [6.45, 7) is 3.98. The second kappa shape index (κ2) is 5.22. The van der Waals surface area contributed by atoms with Crippen LogP contribution in [0.2, 0.25) is 0 Å².